The summed E-state index contributed by atoms with van der Waals surface area (Å²) in [5.41, 5.74) is -0.103. The van der Waals surface area contributed by atoms with Crippen LogP contribution in [0.25, 0.3) is 22.6 Å². The van der Waals surface area contributed by atoms with Crippen molar-refractivity contribution in [3.05, 3.63) is 28.8 Å². The molecule has 0 saturated carbocycles. The van der Waals surface area contributed by atoms with E-state index in [1.54, 1.807) is 4.90 Å². The zero-order chi connectivity index (χ0) is 19.3. The number of thiazole rings is 1. The Kier molecular flexibility index (Phi) is 4.30. The van der Waals surface area contributed by atoms with E-state index >= 15 is 0 Å². The van der Waals surface area contributed by atoms with Crippen molar-refractivity contribution in [2.45, 2.75) is 19.1 Å². The van der Waals surface area contributed by atoms with Gasteiger partial charge in [-0.15, -0.1) is 0 Å². The molecular formula is C16H14F5N5S. The molecule has 4 rings (SSSR count). The predicted molar refractivity (Wildman–Crippen MR) is 91.8 cm³/mol. The first-order valence-electron chi connectivity index (χ1n) is 8.14. The number of nitrogens with zero attached hydrogens (tertiary/aromatic N) is 3. The molecule has 0 unspecified atom stereocenters. The molecule has 1 aromatic carbocycles. The van der Waals surface area contributed by atoms with E-state index in [1.807, 2.05) is 6.92 Å². The van der Waals surface area contributed by atoms with Crippen LogP contribution in [0.3, 0.4) is 0 Å². The molecule has 0 aliphatic carbocycles. The molecule has 2 N–H and O–H groups in total. The summed E-state index contributed by atoms with van der Waals surface area (Å²) < 4.78 is 67.1. The first kappa shape index (κ1) is 18.1. The van der Waals surface area contributed by atoms with E-state index in [4.69, 9.17) is 0 Å². The second kappa shape index (κ2) is 6.41. The van der Waals surface area contributed by atoms with Gasteiger partial charge in [0.15, 0.2) is 17.5 Å². The van der Waals surface area contributed by atoms with Crippen LogP contribution in [0.5, 0.6) is 0 Å². The molecule has 0 spiro atoms. The summed E-state index contributed by atoms with van der Waals surface area (Å²) in [6.07, 6.45) is -4.61. The lowest BCUT2D eigenvalue weighted by molar-refractivity contribution is -0.137. The van der Waals surface area contributed by atoms with Gasteiger partial charge in [0.25, 0.3) is 0 Å². The highest BCUT2D eigenvalue weighted by Gasteiger charge is 2.38. The number of imidazole rings is 1. The topological polar surface area (TPSA) is 56.8 Å². The third-order valence-electron chi connectivity index (χ3n) is 4.28. The number of fused-ring (bicyclic) bond motifs is 1. The van der Waals surface area contributed by atoms with Crippen molar-refractivity contribution in [1.29, 1.82) is 0 Å². The van der Waals surface area contributed by atoms with E-state index in [1.165, 1.54) is 6.07 Å². The molecule has 5 nitrogen and oxygen atoms in total. The Morgan fingerprint density at radius 3 is 2.70 bits per heavy atom. The molecule has 1 fully saturated rings. The van der Waals surface area contributed by atoms with Crippen LogP contribution in [0, 0.1) is 11.6 Å². The van der Waals surface area contributed by atoms with E-state index in [0.717, 1.165) is 6.07 Å². The average Bonchev–Trinajstić information content (AvgIpc) is 3.22. The van der Waals surface area contributed by atoms with Crippen molar-refractivity contribution in [1.82, 2.24) is 20.3 Å². The van der Waals surface area contributed by atoms with E-state index in [-0.39, 0.29) is 28.6 Å². The average molecular weight is 403 g/mol. The Labute approximate surface area is 154 Å². The van der Waals surface area contributed by atoms with Crippen molar-refractivity contribution in [2.75, 3.05) is 24.5 Å². The van der Waals surface area contributed by atoms with Crippen LogP contribution in [-0.4, -0.2) is 40.6 Å². The van der Waals surface area contributed by atoms with Crippen molar-refractivity contribution < 1.29 is 22.0 Å². The molecule has 27 heavy (non-hydrogen) atoms. The smallest absolute Gasteiger partial charge is 0.359 e. The second-order valence-corrected chi connectivity index (χ2v) is 7.29. The molecule has 1 aliphatic rings. The maximum absolute atomic E-state index is 14.0. The van der Waals surface area contributed by atoms with Crippen molar-refractivity contribution in [3.8, 4) is 11.5 Å². The van der Waals surface area contributed by atoms with Crippen LogP contribution in [0.2, 0.25) is 0 Å². The monoisotopic (exact) mass is 403 g/mol. The van der Waals surface area contributed by atoms with Gasteiger partial charge in [0.1, 0.15) is 16.2 Å². The molecule has 11 heteroatoms. The number of piperazine rings is 1. The summed E-state index contributed by atoms with van der Waals surface area (Å²) in [6, 6.07) is 2.31. The second-order valence-electron chi connectivity index (χ2n) is 6.31. The van der Waals surface area contributed by atoms with Crippen molar-refractivity contribution in [3.63, 3.8) is 0 Å². The molecule has 0 bridgehead atoms. The molecule has 0 amide bonds. The molecular weight excluding hydrogens is 389 g/mol. The number of hydrogen-bond donors (Lipinski definition) is 2. The van der Waals surface area contributed by atoms with Gasteiger partial charge in [0.05, 0.1) is 5.52 Å². The number of rotatable bonds is 2. The molecule has 1 aliphatic heterocycles. The maximum Gasteiger partial charge on any atom is 0.443 e. The first-order valence-corrected chi connectivity index (χ1v) is 8.96. The summed E-state index contributed by atoms with van der Waals surface area (Å²) >= 11 is 0.521. The Hall–Kier alpha value is -2.27. The standard InChI is InChI=1S/C16H14F5N5S/c1-7-6-26(5-4-22-7)14-12(25-15(27-14)16(19,20)21)13-23-9-3-2-8(17)10(18)11(9)24-13/h2-3,7,22H,4-6H2,1H3,(H,23,24)/t7-/m1/s1. The predicted octanol–water partition coefficient (Wildman–Crippen LogP) is 3.78. The number of aromatic nitrogens is 3. The number of hydrogen-bond acceptors (Lipinski definition) is 5. The molecule has 3 heterocycles. The number of H-pyrrole nitrogens is 1. The van der Waals surface area contributed by atoms with Gasteiger partial charge in [-0.1, -0.05) is 11.3 Å². The number of aromatic amines is 1. The van der Waals surface area contributed by atoms with E-state index in [0.29, 0.717) is 36.0 Å². The van der Waals surface area contributed by atoms with Crippen LogP contribution >= 0.6 is 11.3 Å². The highest BCUT2D eigenvalue weighted by molar-refractivity contribution is 7.16. The zero-order valence-electron chi connectivity index (χ0n) is 14.0. The number of anilines is 1. The van der Waals surface area contributed by atoms with Crippen LogP contribution in [0.4, 0.5) is 27.0 Å². The third-order valence-corrected chi connectivity index (χ3v) is 5.44. The van der Waals surface area contributed by atoms with Crippen LogP contribution in [0.1, 0.15) is 11.9 Å². The van der Waals surface area contributed by atoms with E-state index in [2.05, 4.69) is 20.3 Å². The highest BCUT2D eigenvalue weighted by Crippen LogP contribution is 2.42. The van der Waals surface area contributed by atoms with E-state index in [9.17, 15) is 22.0 Å². The van der Waals surface area contributed by atoms with Crippen LogP contribution in [-0.2, 0) is 6.18 Å². The summed E-state index contributed by atoms with van der Waals surface area (Å²) in [5, 5.41) is 2.51. The zero-order valence-corrected chi connectivity index (χ0v) is 14.8. The number of alkyl halides is 3. The Morgan fingerprint density at radius 1 is 1.22 bits per heavy atom. The lowest BCUT2D eigenvalue weighted by Crippen LogP contribution is -2.49. The van der Waals surface area contributed by atoms with Crippen LogP contribution < -0.4 is 10.2 Å². The van der Waals surface area contributed by atoms with Gasteiger partial charge < -0.3 is 15.2 Å². The van der Waals surface area contributed by atoms with Gasteiger partial charge in [-0.3, -0.25) is 0 Å². The van der Waals surface area contributed by atoms with Gasteiger partial charge >= 0.3 is 6.18 Å². The van der Waals surface area contributed by atoms with E-state index < -0.39 is 22.8 Å². The first-order chi connectivity index (χ1) is 12.7. The summed E-state index contributed by atoms with van der Waals surface area (Å²) in [6.45, 7) is 3.53. The third kappa shape index (κ3) is 3.25. The fourth-order valence-corrected chi connectivity index (χ4v) is 4.02. The minimum Gasteiger partial charge on any atom is -0.359 e. The largest absolute Gasteiger partial charge is 0.443 e. The molecule has 2 aromatic heterocycles. The minimum atomic E-state index is -4.61. The SMILES string of the molecule is C[C@@H]1CN(c2sc(C(F)(F)F)nc2-c2nc3c(F)c(F)ccc3[nH]2)CCN1. The van der Waals surface area contributed by atoms with Gasteiger partial charge in [0, 0.05) is 25.7 Å². The van der Waals surface area contributed by atoms with Gasteiger partial charge in [0.2, 0.25) is 5.01 Å². The van der Waals surface area contributed by atoms with Gasteiger partial charge in [-0.05, 0) is 19.1 Å². The summed E-state index contributed by atoms with van der Waals surface area (Å²) in [5.74, 6) is -2.26. The molecule has 1 atom stereocenters. The lowest BCUT2D eigenvalue weighted by atomic mass is 10.2. The number of benzene rings is 1. The van der Waals surface area contributed by atoms with Crippen LogP contribution in [0.15, 0.2) is 12.1 Å². The molecule has 3 aromatic rings. The molecule has 0 radical (unpaired) electrons. The van der Waals surface area contributed by atoms with Crippen molar-refractivity contribution >= 4 is 27.4 Å². The highest BCUT2D eigenvalue weighted by atomic mass is 32.1. The molecule has 1 saturated heterocycles. The maximum atomic E-state index is 14.0. The van der Waals surface area contributed by atoms with Gasteiger partial charge in [-0.2, -0.15) is 13.2 Å². The Morgan fingerprint density at radius 2 is 2.00 bits per heavy atom. The quantitative estimate of drug-likeness (QED) is 0.640. The Bertz CT molecular complexity index is 995. The fourth-order valence-electron chi connectivity index (χ4n) is 3.05. The van der Waals surface area contributed by atoms with Gasteiger partial charge in [-0.25, -0.2) is 18.7 Å². The number of nitrogens with one attached hydrogen (secondary N) is 2. The number of halogens is 5. The normalized spacial score (nSPS) is 18.4. The van der Waals surface area contributed by atoms with Crippen molar-refractivity contribution in [2.24, 2.45) is 0 Å². The molecule has 144 valence electrons. The summed E-state index contributed by atoms with van der Waals surface area (Å²) in [7, 11) is 0. The minimum absolute atomic E-state index is 0.0163. The Balaban J connectivity index is 1.86. The fraction of sp³-hybridized carbons (Fsp3) is 0.375. The summed E-state index contributed by atoms with van der Waals surface area (Å²) in [4.78, 5) is 12.2. The lowest BCUT2D eigenvalue weighted by Gasteiger charge is -2.32.